The van der Waals surface area contributed by atoms with Gasteiger partial charge in [-0.15, -0.1) is 0 Å². The van der Waals surface area contributed by atoms with Crippen LogP contribution in [0.15, 0.2) is 54.9 Å². The van der Waals surface area contributed by atoms with Gasteiger partial charge in [-0.05, 0) is 49.2 Å². The number of β-amino-alcohol motifs (C(OH)–C–C–N with tert-alkyl or cyclic N) is 1. The number of nitrogens with zero attached hydrogens (tertiary/aromatic N) is 4. The molecule has 2 fully saturated rings. The Hall–Kier alpha value is -3.89. The Morgan fingerprint density at radius 2 is 1.86 bits per heavy atom. The molecule has 186 valence electrons. The van der Waals surface area contributed by atoms with Crippen molar-refractivity contribution in [2.24, 2.45) is 5.92 Å². The van der Waals surface area contributed by atoms with E-state index in [9.17, 15) is 9.90 Å². The Labute approximate surface area is 212 Å². The Kier molecular flexibility index (Phi) is 6.88. The van der Waals surface area contributed by atoms with Gasteiger partial charge in [-0.3, -0.25) is 9.89 Å². The molecule has 0 bridgehead atoms. The van der Waals surface area contributed by atoms with E-state index in [4.69, 9.17) is 16.3 Å². The fourth-order valence-corrected chi connectivity index (χ4v) is 4.00. The highest BCUT2D eigenvalue weighted by atomic mass is 35.5. The SMILES string of the molecule is COc1ccc(NC(=O)C2CC2)cc1.OC1CN(c2ncnc(Nc3n[nH]c4ccccc34)c2Cl)C1. The number of carbonyl (C=O) groups is 1. The Balaban J connectivity index is 0.000000165. The maximum absolute atomic E-state index is 11.4. The number of benzene rings is 2. The largest absolute Gasteiger partial charge is 0.497 e. The second-order valence-corrected chi connectivity index (χ2v) is 9.03. The number of nitrogens with one attached hydrogen (secondary N) is 3. The first kappa shape index (κ1) is 23.8. The molecule has 2 aromatic carbocycles. The molecular weight excluding hydrogens is 482 g/mol. The molecule has 1 aliphatic heterocycles. The lowest BCUT2D eigenvalue weighted by molar-refractivity contribution is -0.117. The molecule has 36 heavy (non-hydrogen) atoms. The highest BCUT2D eigenvalue weighted by Crippen LogP contribution is 2.34. The van der Waals surface area contributed by atoms with Gasteiger partial charge >= 0.3 is 0 Å². The molecule has 1 saturated carbocycles. The number of halogens is 1. The van der Waals surface area contributed by atoms with Crippen LogP contribution in [0.3, 0.4) is 0 Å². The lowest BCUT2D eigenvalue weighted by Gasteiger charge is -2.37. The van der Waals surface area contributed by atoms with Crippen LogP contribution >= 0.6 is 11.6 Å². The number of aromatic amines is 1. The lowest BCUT2D eigenvalue weighted by atomic mass is 10.2. The van der Waals surface area contributed by atoms with Gasteiger partial charge in [0.25, 0.3) is 0 Å². The number of ether oxygens (including phenoxy) is 1. The van der Waals surface area contributed by atoms with Crippen molar-refractivity contribution in [3.8, 4) is 5.75 Å². The fourth-order valence-electron chi connectivity index (χ4n) is 3.73. The zero-order chi connectivity index (χ0) is 25.1. The molecule has 3 heterocycles. The van der Waals surface area contributed by atoms with Crippen LogP contribution in [0.2, 0.25) is 5.02 Å². The van der Waals surface area contributed by atoms with E-state index in [-0.39, 0.29) is 17.9 Å². The molecule has 4 N–H and O–H groups in total. The number of para-hydroxylation sites is 1. The third-order valence-electron chi connectivity index (χ3n) is 5.95. The van der Waals surface area contributed by atoms with Crippen LogP contribution in [-0.2, 0) is 4.79 Å². The summed E-state index contributed by atoms with van der Waals surface area (Å²) in [6, 6.07) is 15.2. The van der Waals surface area contributed by atoms with E-state index in [1.165, 1.54) is 6.33 Å². The van der Waals surface area contributed by atoms with Crippen molar-refractivity contribution in [3.05, 3.63) is 59.9 Å². The number of H-pyrrole nitrogens is 1. The molecule has 1 saturated heterocycles. The molecule has 1 aliphatic carbocycles. The zero-order valence-electron chi connectivity index (χ0n) is 19.6. The number of aliphatic hydroxyl groups is 1. The quantitative estimate of drug-likeness (QED) is 0.308. The minimum atomic E-state index is -0.322. The molecule has 1 amide bonds. The summed E-state index contributed by atoms with van der Waals surface area (Å²) in [6.45, 7) is 1.06. The number of hydrogen-bond acceptors (Lipinski definition) is 8. The molecule has 2 aromatic heterocycles. The Morgan fingerprint density at radius 3 is 2.56 bits per heavy atom. The summed E-state index contributed by atoms with van der Waals surface area (Å²) in [5.74, 6) is 2.95. The summed E-state index contributed by atoms with van der Waals surface area (Å²) in [5.41, 5.74) is 1.77. The van der Waals surface area contributed by atoms with Crippen LogP contribution in [0.25, 0.3) is 10.9 Å². The molecule has 10 nitrogen and oxygen atoms in total. The van der Waals surface area contributed by atoms with Crippen molar-refractivity contribution >= 4 is 51.6 Å². The molecular formula is C25H26ClN7O3. The number of aliphatic hydroxyl groups excluding tert-OH is 1. The zero-order valence-corrected chi connectivity index (χ0v) is 20.4. The van der Waals surface area contributed by atoms with Crippen LogP contribution in [0.4, 0.5) is 23.1 Å². The first-order chi connectivity index (χ1) is 17.5. The van der Waals surface area contributed by atoms with Gasteiger partial charge in [0, 0.05) is 30.1 Å². The minimum absolute atomic E-state index is 0.134. The van der Waals surface area contributed by atoms with Crippen LogP contribution in [-0.4, -0.2) is 57.5 Å². The van der Waals surface area contributed by atoms with Crippen molar-refractivity contribution < 1.29 is 14.6 Å². The second kappa shape index (κ2) is 10.4. The maximum atomic E-state index is 11.4. The highest BCUT2D eigenvalue weighted by molar-refractivity contribution is 6.35. The topological polar surface area (TPSA) is 128 Å². The van der Waals surface area contributed by atoms with E-state index in [1.807, 2.05) is 53.4 Å². The van der Waals surface area contributed by atoms with Crippen molar-refractivity contribution in [2.45, 2.75) is 18.9 Å². The summed E-state index contributed by atoms with van der Waals surface area (Å²) >= 11 is 6.38. The Morgan fingerprint density at radius 1 is 1.11 bits per heavy atom. The fraction of sp³-hybridized carbons (Fsp3) is 0.280. The van der Waals surface area contributed by atoms with Crippen molar-refractivity contribution in [1.29, 1.82) is 0 Å². The smallest absolute Gasteiger partial charge is 0.227 e. The van der Waals surface area contributed by atoms with Gasteiger partial charge in [-0.1, -0.05) is 23.7 Å². The van der Waals surface area contributed by atoms with Crippen molar-refractivity contribution in [2.75, 3.05) is 35.7 Å². The molecule has 0 spiro atoms. The van der Waals surface area contributed by atoms with Crippen LogP contribution in [0.5, 0.6) is 5.75 Å². The summed E-state index contributed by atoms with van der Waals surface area (Å²) in [4.78, 5) is 21.7. The number of methoxy groups -OCH3 is 1. The highest BCUT2D eigenvalue weighted by Gasteiger charge is 2.29. The van der Waals surface area contributed by atoms with E-state index >= 15 is 0 Å². The molecule has 6 rings (SSSR count). The minimum Gasteiger partial charge on any atom is -0.497 e. The standard InChI is InChI=1S/C14H13ClN6O.C11H13NO2/c15-11-13(16-7-17-14(11)21-5-8(22)6-21)18-12-9-3-1-2-4-10(9)19-20-12;1-14-10-6-4-9(5-7-10)12-11(13)8-2-3-8/h1-4,7-8,22H,5-6H2,(H2,16,17,18,19,20);4-8H,2-3H2,1H3,(H,12,13). The molecule has 0 atom stereocenters. The Bertz CT molecular complexity index is 1350. The van der Waals surface area contributed by atoms with Gasteiger partial charge in [0.05, 0.1) is 18.7 Å². The molecule has 0 unspecified atom stereocenters. The third-order valence-corrected chi connectivity index (χ3v) is 6.29. The van der Waals surface area contributed by atoms with Gasteiger partial charge in [-0.2, -0.15) is 5.10 Å². The number of aromatic nitrogens is 4. The van der Waals surface area contributed by atoms with Gasteiger partial charge in [0.1, 0.15) is 17.1 Å². The number of rotatable bonds is 6. The van der Waals surface area contributed by atoms with Gasteiger partial charge < -0.3 is 25.4 Å². The molecule has 0 radical (unpaired) electrons. The predicted octanol–water partition coefficient (Wildman–Crippen LogP) is 3.97. The number of amides is 1. The van der Waals surface area contributed by atoms with Crippen molar-refractivity contribution in [3.63, 3.8) is 0 Å². The first-order valence-corrected chi connectivity index (χ1v) is 12.0. The van der Waals surface area contributed by atoms with E-state index in [2.05, 4.69) is 30.8 Å². The molecule has 2 aliphatic rings. The number of hydrogen-bond donors (Lipinski definition) is 4. The van der Waals surface area contributed by atoms with Crippen LogP contribution < -0.4 is 20.3 Å². The maximum Gasteiger partial charge on any atom is 0.227 e. The number of anilines is 4. The number of carbonyl (C=O) groups excluding carboxylic acids is 1. The van der Waals surface area contributed by atoms with Gasteiger partial charge in [0.2, 0.25) is 5.91 Å². The summed E-state index contributed by atoms with van der Waals surface area (Å²) in [7, 11) is 1.62. The van der Waals surface area contributed by atoms with Crippen LogP contribution in [0, 0.1) is 5.92 Å². The number of fused-ring (bicyclic) bond motifs is 1. The summed E-state index contributed by atoms with van der Waals surface area (Å²) in [5, 5.41) is 24.0. The average Bonchev–Trinajstić information content (AvgIpc) is 3.66. The third kappa shape index (κ3) is 5.34. The lowest BCUT2D eigenvalue weighted by Crippen LogP contribution is -2.51. The van der Waals surface area contributed by atoms with E-state index in [1.54, 1.807) is 7.11 Å². The predicted molar refractivity (Wildman–Crippen MR) is 139 cm³/mol. The first-order valence-electron chi connectivity index (χ1n) is 11.6. The summed E-state index contributed by atoms with van der Waals surface area (Å²) in [6.07, 6.45) is 3.19. The van der Waals surface area contributed by atoms with E-state index in [0.29, 0.717) is 35.6 Å². The second-order valence-electron chi connectivity index (χ2n) is 8.65. The van der Waals surface area contributed by atoms with E-state index in [0.717, 1.165) is 35.2 Å². The van der Waals surface area contributed by atoms with E-state index < -0.39 is 0 Å². The average molecular weight is 508 g/mol. The molecule has 4 aromatic rings. The van der Waals surface area contributed by atoms with Crippen molar-refractivity contribution in [1.82, 2.24) is 20.2 Å². The monoisotopic (exact) mass is 507 g/mol. The normalized spacial score (nSPS) is 15.0. The summed E-state index contributed by atoms with van der Waals surface area (Å²) < 4.78 is 5.02. The van der Waals surface area contributed by atoms with Crippen LogP contribution in [0.1, 0.15) is 12.8 Å². The molecule has 11 heteroatoms. The van der Waals surface area contributed by atoms with Gasteiger partial charge in [0.15, 0.2) is 17.5 Å². The van der Waals surface area contributed by atoms with Gasteiger partial charge in [-0.25, -0.2) is 9.97 Å².